The van der Waals surface area contributed by atoms with Crippen LogP contribution in [0.5, 0.6) is 0 Å². The van der Waals surface area contributed by atoms with Crippen molar-refractivity contribution >= 4 is 11.6 Å². The summed E-state index contributed by atoms with van der Waals surface area (Å²) in [5.41, 5.74) is 1.37. The summed E-state index contributed by atoms with van der Waals surface area (Å²) in [5, 5.41) is 3.33. The molecule has 1 aliphatic rings. The molecule has 2 heterocycles. The fourth-order valence-corrected chi connectivity index (χ4v) is 2.72. The lowest BCUT2D eigenvalue weighted by atomic mass is 10.0. The molecule has 18 heavy (non-hydrogen) atoms. The van der Waals surface area contributed by atoms with Crippen molar-refractivity contribution in [1.82, 2.24) is 9.97 Å². The molecule has 0 atom stereocenters. The Bertz CT molecular complexity index is 440. The fraction of sp³-hybridized carbons (Fsp3) is 0.714. The molecule has 4 nitrogen and oxygen atoms in total. The van der Waals surface area contributed by atoms with Crippen molar-refractivity contribution < 1.29 is 0 Å². The summed E-state index contributed by atoms with van der Waals surface area (Å²) in [6, 6.07) is 0. The Morgan fingerprint density at radius 1 is 1.28 bits per heavy atom. The van der Waals surface area contributed by atoms with Crippen molar-refractivity contribution in [3.63, 3.8) is 0 Å². The lowest BCUT2D eigenvalue weighted by Crippen LogP contribution is -2.39. The number of anilines is 2. The fourth-order valence-electron chi connectivity index (χ4n) is 2.72. The van der Waals surface area contributed by atoms with Crippen molar-refractivity contribution in [2.45, 2.75) is 53.0 Å². The Kier molecular flexibility index (Phi) is 3.46. The second kappa shape index (κ2) is 4.75. The van der Waals surface area contributed by atoms with Gasteiger partial charge in [0.2, 0.25) is 0 Å². The molecule has 1 saturated heterocycles. The van der Waals surface area contributed by atoms with E-state index < -0.39 is 0 Å². The van der Waals surface area contributed by atoms with Gasteiger partial charge in [0.05, 0.1) is 0 Å². The molecule has 0 spiro atoms. The molecule has 2 rings (SSSR count). The first-order valence-corrected chi connectivity index (χ1v) is 6.82. The quantitative estimate of drug-likeness (QED) is 0.893. The number of nitrogens with zero attached hydrogens (tertiary/aromatic N) is 3. The summed E-state index contributed by atoms with van der Waals surface area (Å²) >= 11 is 0. The van der Waals surface area contributed by atoms with E-state index in [1.807, 2.05) is 6.92 Å². The third kappa shape index (κ3) is 2.28. The minimum atomic E-state index is 0.203. The smallest absolute Gasteiger partial charge is 0.137 e. The Balaban J connectivity index is 2.44. The van der Waals surface area contributed by atoms with Crippen LogP contribution in [0.3, 0.4) is 0 Å². The normalized spacial score (nSPS) is 18.2. The molecule has 0 unspecified atom stereocenters. The lowest BCUT2D eigenvalue weighted by Gasteiger charge is -2.34. The van der Waals surface area contributed by atoms with Crippen molar-refractivity contribution in [3.05, 3.63) is 11.4 Å². The molecule has 1 aliphatic heterocycles. The molecule has 0 bridgehead atoms. The van der Waals surface area contributed by atoms with Gasteiger partial charge in [0.1, 0.15) is 17.5 Å². The van der Waals surface area contributed by atoms with Gasteiger partial charge in [-0.05, 0) is 47.5 Å². The van der Waals surface area contributed by atoms with E-state index in [9.17, 15) is 0 Å². The second-order valence-electron chi connectivity index (χ2n) is 5.67. The lowest BCUT2D eigenvalue weighted by molar-refractivity contribution is 0.513. The molecular formula is C14H24N4. The van der Waals surface area contributed by atoms with Crippen LogP contribution >= 0.6 is 0 Å². The highest BCUT2D eigenvalue weighted by atomic mass is 15.3. The summed E-state index contributed by atoms with van der Waals surface area (Å²) in [6.07, 6.45) is 2.47. The highest BCUT2D eigenvalue weighted by molar-refractivity contribution is 5.60. The standard InChI is InChI=1S/C14H24N4/c1-6-15-12-10(2)13(17-11(3)16-12)18-9-7-8-14(18,4)5/h6-9H2,1-5H3,(H,15,16,17). The van der Waals surface area contributed by atoms with Crippen LogP contribution in [0.25, 0.3) is 0 Å². The number of hydrogen-bond acceptors (Lipinski definition) is 4. The van der Waals surface area contributed by atoms with E-state index in [1.54, 1.807) is 0 Å². The predicted molar refractivity (Wildman–Crippen MR) is 76.3 cm³/mol. The maximum atomic E-state index is 4.67. The van der Waals surface area contributed by atoms with E-state index in [-0.39, 0.29) is 5.54 Å². The van der Waals surface area contributed by atoms with Crippen LogP contribution in [-0.2, 0) is 0 Å². The Labute approximate surface area is 110 Å². The highest BCUT2D eigenvalue weighted by Gasteiger charge is 2.34. The van der Waals surface area contributed by atoms with Gasteiger partial charge in [0, 0.05) is 24.2 Å². The van der Waals surface area contributed by atoms with Gasteiger partial charge in [-0.1, -0.05) is 0 Å². The summed E-state index contributed by atoms with van der Waals surface area (Å²) in [4.78, 5) is 11.6. The maximum absolute atomic E-state index is 4.67. The van der Waals surface area contributed by atoms with E-state index in [0.717, 1.165) is 36.1 Å². The van der Waals surface area contributed by atoms with Gasteiger partial charge < -0.3 is 10.2 Å². The summed E-state index contributed by atoms with van der Waals surface area (Å²) in [6.45, 7) is 12.7. The van der Waals surface area contributed by atoms with Gasteiger partial charge >= 0.3 is 0 Å². The number of rotatable bonds is 3. The minimum Gasteiger partial charge on any atom is -0.370 e. The van der Waals surface area contributed by atoms with Gasteiger partial charge in [-0.15, -0.1) is 0 Å². The van der Waals surface area contributed by atoms with Crippen molar-refractivity contribution in [2.24, 2.45) is 0 Å². The zero-order valence-electron chi connectivity index (χ0n) is 12.2. The zero-order chi connectivity index (χ0) is 13.3. The molecule has 0 aliphatic carbocycles. The molecule has 1 N–H and O–H groups in total. The zero-order valence-corrected chi connectivity index (χ0v) is 12.2. The molecule has 1 aromatic heterocycles. The van der Waals surface area contributed by atoms with Gasteiger partial charge in [0.25, 0.3) is 0 Å². The van der Waals surface area contributed by atoms with Crippen LogP contribution in [0, 0.1) is 13.8 Å². The number of hydrogen-bond donors (Lipinski definition) is 1. The average Bonchev–Trinajstić information content (AvgIpc) is 2.63. The van der Waals surface area contributed by atoms with Crippen LogP contribution in [-0.4, -0.2) is 28.6 Å². The van der Waals surface area contributed by atoms with Gasteiger partial charge in [-0.2, -0.15) is 0 Å². The van der Waals surface area contributed by atoms with Crippen LogP contribution in [0.2, 0.25) is 0 Å². The first-order chi connectivity index (χ1) is 8.45. The molecular weight excluding hydrogens is 224 g/mol. The van der Waals surface area contributed by atoms with Crippen LogP contribution < -0.4 is 10.2 Å². The van der Waals surface area contributed by atoms with Gasteiger partial charge in [-0.25, -0.2) is 9.97 Å². The Morgan fingerprint density at radius 2 is 2.00 bits per heavy atom. The van der Waals surface area contributed by atoms with E-state index in [0.29, 0.717) is 0 Å². The molecule has 0 amide bonds. The number of nitrogens with one attached hydrogen (secondary N) is 1. The third-order valence-corrected chi connectivity index (χ3v) is 3.73. The highest BCUT2D eigenvalue weighted by Crippen LogP contribution is 2.35. The van der Waals surface area contributed by atoms with E-state index in [4.69, 9.17) is 0 Å². The first kappa shape index (κ1) is 13.1. The van der Waals surface area contributed by atoms with E-state index >= 15 is 0 Å². The molecule has 0 aromatic carbocycles. The molecule has 0 radical (unpaired) electrons. The second-order valence-corrected chi connectivity index (χ2v) is 5.67. The van der Waals surface area contributed by atoms with Crippen LogP contribution in [0.4, 0.5) is 11.6 Å². The minimum absolute atomic E-state index is 0.203. The maximum Gasteiger partial charge on any atom is 0.137 e. The summed E-state index contributed by atoms with van der Waals surface area (Å²) < 4.78 is 0. The predicted octanol–water partition coefficient (Wildman–Crippen LogP) is 2.90. The Hall–Kier alpha value is -1.32. The average molecular weight is 248 g/mol. The topological polar surface area (TPSA) is 41.1 Å². The summed E-state index contributed by atoms with van der Waals surface area (Å²) in [7, 11) is 0. The molecule has 1 fully saturated rings. The number of aryl methyl sites for hydroxylation is 1. The van der Waals surface area contributed by atoms with Crippen molar-refractivity contribution in [2.75, 3.05) is 23.3 Å². The molecule has 1 aromatic rings. The van der Waals surface area contributed by atoms with Crippen molar-refractivity contribution in [3.8, 4) is 0 Å². The van der Waals surface area contributed by atoms with Crippen LogP contribution in [0.15, 0.2) is 0 Å². The molecule has 4 heteroatoms. The third-order valence-electron chi connectivity index (χ3n) is 3.73. The Morgan fingerprint density at radius 3 is 2.56 bits per heavy atom. The molecule has 100 valence electrons. The largest absolute Gasteiger partial charge is 0.370 e. The van der Waals surface area contributed by atoms with E-state index in [2.05, 4.69) is 47.9 Å². The van der Waals surface area contributed by atoms with E-state index in [1.165, 1.54) is 12.8 Å². The number of aromatic nitrogens is 2. The monoisotopic (exact) mass is 248 g/mol. The van der Waals surface area contributed by atoms with Gasteiger partial charge in [-0.3, -0.25) is 0 Å². The van der Waals surface area contributed by atoms with Crippen LogP contribution in [0.1, 0.15) is 45.0 Å². The summed E-state index contributed by atoms with van der Waals surface area (Å²) in [5.74, 6) is 2.91. The first-order valence-electron chi connectivity index (χ1n) is 6.82. The van der Waals surface area contributed by atoms with Crippen molar-refractivity contribution in [1.29, 1.82) is 0 Å². The van der Waals surface area contributed by atoms with Gasteiger partial charge in [0.15, 0.2) is 0 Å². The SMILES string of the molecule is CCNc1nc(C)nc(N2CCCC2(C)C)c1C. The molecule has 0 saturated carbocycles.